The van der Waals surface area contributed by atoms with Crippen LogP contribution in [0.25, 0.3) is 6.08 Å². The van der Waals surface area contributed by atoms with E-state index in [0.717, 1.165) is 18.7 Å². The molecule has 1 aliphatic rings. The van der Waals surface area contributed by atoms with Crippen molar-refractivity contribution in [1.29, 1.82) is 0 Å². The highest BCUT2D eigenvalue weighted by Crippen LogP contribution is 2.10. The summed E-state index contributed by atoms with van der Waals surface area (Å²) in [5.74, 6) is 0.262. The van der Waals surface area contributed by atoms with Crippen LogP contribution in [0.5, 0.6) is 0 Å². The monoisotopic (exact) mass is 329 g/mol. The summed E-state index contributed by atoms with van der Waals surface area (Å²) < 4.78 is 29.2. The maximum atomic E-state index is 12.0. The number of hydrogen-bond acceptors (Lipinski definition) is 4. The van der Waals surface area contributed by atoms with Crippen LogP contribution < -0.4 is 0 Å². The van der Waals surface area contributed by atoms with E-state index < -0.39 is 9.84 Å². The second-order valence-electron chi connectivity index (χ2n) is 5.02. The lowest BCUT2D eigenvalue weighted by atomic mass is 10.2. The molecule has 6 heteroatoms. The smallest absolute Gasteiger partial charge is 0.155 e. The Hall–Kier alpha value is -0.880. The van der Waals surface area contributed by atoms with E-state index in [0.29, 0.717) is 24.8 Å². The maximum Gasteiger partial charge on any atom is 0.155 e. The van der Waals surface area contributed by atoms with Gasteiger partial charge in [-0.05, 0) is 17.7 Å². The van der Waals surface area contributed by atoms with Crippen molar-refractivity contribution >= 4 is 27.5 Å². The molecule has 0 spiro atoms. The average Bonchev–Trinajstić information content (AvgIpc) is 2.48. The zero-order valence-corrected chi connectivity index (χ0v) is 13.4. The number of halogens is 1. The average molecular weight is 330 g/mol. The number of hydrogen-bond donors (Lipinski definition) is 0. The lowest BCUT2D eigenvalue weighted by molar-refractivity contribution is 0.0408. The SMILES string of the molecule is O=S(=O)(CC=Cc1ccc(Cl)cc1)CCN1CCOCC1. The van der Waals surface area contributed by atoms with E-state index in [2.05, 4.69) is 4.90 Å². The van der Waals surface area contributed by atoms with Crippen LogP contribution in [0.1, 0.15) is 5.56 Å². The summed E-state index contributed by atoms with van der Waals surface area (Å²) in [6, 6.07) is 7.29. The van der Waals surface area contributed by atoms with Gasteiger partial charge in [-0.3, -0.25) is 4.90 Å². The fourth-order valence-electron chi connectivity index (χ4n) is 2.08. The largest absolute Gasteiger partial charge is 0.379 e. The standard InChI is InChI=1S/C15H20ClNO3S/c16-15-5-3-14(4-6-15)2-1-12-21(18,19)13-9-17-7-10-20-11-8-17/h1-6H,7-13H2. The van der Waals surface area contributed by atoms with Crippen molar-refractivity contribution in [3.63, 3.8) is 0 Å². The Morgan fingerprint density at radius 2 is 1.86 bits per heavy atom. The number of morpholine rings is 1. The van der Waals surface area contributed by atoms with Crippen molar-refractivity contribution in [2.24, 2.45) is 0 Å². The molecule has 1 heterocycles. The Labute approximate surface area is 131 Å². The van der Waals surface area contributed by atoms with Gasteiger partial charge in [0, 0.05) is 24.7 Å². The molecule has 0 radical (unpaired) electrons. The third kappa shape index (κ3) is 6.18. The first-order valence-corrected chi connectivity index (χ1v) is 9.18. The fraction of sp³-hybridized carbons (Fsp3) is 0.467. The van der Waals surface area contributed by atoms with Crippen molar-refractivity contribution < 1.29 is 13.2 Å². The molecule has 0 N–H and O–H groups in total. The first-order valence-electron chi connectivity index (χ1n) is 6.98. The maximum absolute atomic E-state index is 12.0. The topological polar surface area (TPSA) is 46.6 Å². The second-order valence-corrected chi connectivity index (χ2v) is 7.69. The van der Waals surface area contributed by atoms with E-state index >= 15 is 0 Å². The summed E-state index contributed by atoms with van der Waals surface area (Å²) >= 11 is 5.80. The van der Waals surface area contributed by atoms with Crippen molar-refractivity contribution in [2.45, 2.75) is 0 Å². The minimum Gasteiger partial charge on any atom is -0.379 e. The van der Waals surface area contributed by atoms with Crippen LogP contribution in [0.15, 0.2) is 30.3 Å². The lowest BCUT2D eigenvalue weighted by Gasteiger charge is -2.26. The van der Waals surface area contributed by atoms with E-state index in [1.54, 1.807) is 18.2 Å². The fourth-order valence-corrected chi connectivity index (χ4v) is 3.30. The molecule has 0 saturated carbocycles. The van der Waals surface area contributed by atoms with Crippen molar-refractivity contribution in [3.8, 4) is 0 Å². The third-order valence-corrected chi connectivity index (χ3v) is 5.11. The molecular formula is C15H20ClNO3S. The molecule has 1 fully saturated rings. The molecule has 0 amide bonds. The summed E-state index contributed by atoms with van der Waals surface area (Å²) in [5.41, 5.74) is 0.947. The van der Waals surface area contributed by atoms with Crippen LogP contribution in [0.3, 0.4) is 0 Å². The quantitative estimate of drug-likeness (QED) is 0.802. The lowest BCUT2D eigenvalue weighted by Crippen LogP contribution is -2.39. The molecule has 1 aliphatic heterocycles. The van der Waals surface area contributed by atoms with Crippen LogP contribution in [-0.2, 0) is 14.6 Å². The predicted molar refractivity (Wildman–Crippen MR) is 86.4 cm³/mol. The molecule has 21 heavy (non-hydrogen) atoms. The Bertz CT molecular complexity index is 563. The summed E-state index contributed by atoms with van der Waals surface area (Å²) in [5, 5.41) is 0.672. The van der Waals surface area contributed by atoms with Crippen LogP contribution >= 0.6 is 11.6 Å². The van der Waals surface area contributed by atoms with E-state index in [4.69, 9.17) is 16.3 Å². The first kappa shape index (κ1) is 16.5. The summed E-state index contributed by atoms with van der Waals surface area (Å²) in [4.78, 5) is 2.13. The van der Waals surface area contributed by atoms with Crippen LogP contribution in [0.2, 0.25) is 5.02 Å². The van der Waals surface area contributed by atoms with E-state index in [9.17, 15) is 8.42 Å². The van der Waals surface area contributed by atoms with Gasteiger partial charge in [-0.25, -0.2) is 8.42 Å². The van der Waals surface area contributed by atoms with Gasteiger partial charge >= 0.3 is 0 Å². The zero-order valence-electron chi connectivity index (χ0n) is 11.9. The van der Waals surface area contributed by atoms with E-state index in [1.807, 2.05) is 18.2 Å². The number of rotatable bonds is 6. The summed E-state index contributed by atoms with van der Waals surface area (Å²) in [6.45, 7) is 3.60. The zero-order chi connectivity index (χ0) is 15.1. The highest BCUT2D eigenvalue weighted by molar-refractivity contribution is 7.91. The summed E-state index contributed by atoms with van der Waals surface area (Å²) in [7, 11) is -3.05. The van der Waals surface area contributed by atoms with Gasteiger partial charge in [-0.1, -0.05) is 35.9 Å². The number of benzene rings is 1. The molecule has 0 unspecified atom stereocenters. The molecule has 1 aromatic carbocycles. The van der Waals surface area contributed by atoms with Gasteiger partial charge in [0.2, 0.25) is 0 Å². The number of ether oxygens (including phenoxy) is 1. The molecule has 1 aromatic rings. The van der Waals surface area contributed by atoms with Crippen molar-refractivity contribution in [3.05, 3.63) is 40.9 Å². The van der Waals surface area contributed by atoms with Crippen molar-refractivity contribution in [1.82, 2.24) is 4.90 Å². The van der Waals surface area contributed by atoms with Gasteiger partial charge in [0.15, 0.2) is 9.84 Å². The van der Waals surface area contributed by atoms with Gasteiger partial charge in [-0.15, -0.1) is 0 Å². The third-order valence-electron chi connectivity index (χ3n) is 3.35. The minimum atomic E-state index is -3.05. The van der Waals surface area contributed by atoms with E-state index in [-0.39, 0.29) is 11.5 Å². The second kappa shape index (κ2) is 7.94. The van der Waals surface area contributed by atoms with Crippen LogP contribution in [-0.4, -0.2) is 57.7 Å². The van der Waals surface area contributed by atoms with Gasteiger partial charge in [0.25, 0.3) is 0 Å². The number of nitrogens with zero attached hydrogens (tertiary/aromatic N) is 1. The highest BCUT2D eigenvalue weighted by Gasteiger charge is 2.14. The highest BCUT2D eigenvalue weighted by atomic mass is 35.5. The Morgan fingerprint density at radius 3 is 2.52 bits per heavy atom. The van der Waals surface area contributed by atoms with Gasteiger partial charge in [-0.2, -0.15) is 0 Å². The van der Waals surface area contributed by atoms with Gasteiger partial charge in [0.1, 0.15) is 0 Å². The predicted octanol–water partition coefficient (Wildman–Crippen LogP) is 2.10. The normalized spacial score (nSPS) is 17.4. The van der Waals surface area contributed by atoms with Crippen LogP contribution in [0, 0.1) is 0 Å². The summed E-state index contributed by atoms with van der Waals surface area (Å²) in [6.07, 6.45) is 3.50. The molecule has 0 atom stereocenters. The molecule has 116 valence electrons. The molecule has 0 aliphatic carbocycles. The van der Waals surface area contributed by atoms with Gasteiger partial charge in [0.05, 0.1) is 24.7 Å². The molecule has 0 aromatic heterocycles. The van der Waals surface area contributed by atoms with Crippen LogP contribution in [0.4, 0.5) is 0 Å². The van der Waals surface area contributed by atoms with Gasteiger partial charge < -0.3 is 4.74 Å². The minimum absolute atomic E-state index is 0.0694. The Morgan fingerprint density at radius 1 is 1.19 bits per heavy atom. The molecule has 4 nitrogen and oxygen atoms in total. The number of sulfone groups is 1. The molecule has 2 rings (SSSR count). The molecular weight excluding hydrogens is 310 g/mol. The molecule has 0 bridgehead atoms. The Balaban J connectivity index is 1.78. The van der Waals surface area contributed by atoms with E-state index in [1.165, 1.54) is 0 Å². The Kier molecular flexibility index (Phi) is 6.23. The first-order chi connectivity index (χ1) is 10.1. The van der Waals surface area contributed by atoms with Crippen molar-refractivity contribution in [2.75, 3.05) is 44.4 Å². The molecule has 1 saturated heterocycles.